The lowest BCUT2D eigenvalue weighted by atomic mass is 10.1. The van der Waals surface area contributed by atoms with Crippen molar-refractivity contribution in [3.8, 4) is 23.0 Å². The van der Waals surface area contributed by atoms with Gasteiger partial charge >= 0.3 is 0 Å². The highest BCUT2D eigenvalue weighted by Gasteiger charge is 2.12. The van der Waals surface area contributed by atoms with Gasteiger partial charge in [-0.05, 0) is 12.1 Å². The maximum absolute atomic E-state index is 5.22. The lowest BCUT2D eigenvalue weighted by Crippen LogP contribution is -2.01. The Labute approximate surface area is 111 Å². The molecule has 2 aromatic heterocycles. The van der Waals surface area contributed by atoms with Crippen LogP contribution in [0.3, 0.4) is 0 Å². The van der Waals surface area contributed by atoms with Gasteiger partial charge < -0.3 is 4.74 Å². The van der Waals surface area contributed by atoms with Crippen LogP contribution in [0.4, 0.5) is 0 Å². The quantitative estimate of drug-likeness (QED) is 0.718. The summed E-state index contributed by atoms with van der Waals surface area (Å²) in [5, 5.41) is 4.41. The highest BCUT2D eigenvalue weighted by atomic mass is 16.5. The largest absolute Gasteiger partial charge is 0.480 e. The maximum Gasteiger partial charge on any atom is 0.233 e. The minimum Gasteiger partial charge on any atom is -0.480 e. The molecule has 2 heterocycles. The number of benzene rings is 1. The van der Waals surface area contributed by atoms with Crippen LogP contribution in [0.15, 0.2) is 60.8 Å². The molecule has 0 saturated carbocycles. The standard InChI is InChI=1S/C15H13N3O/c1-19-15-11-13(12-7-3-2-4-8-12)18(17-15)14-9-5-6-10-16-14/h2-11H,1H3. The van der Waals surface area contributed by atoms with Crippen LogP contribution < -0.4 is 4.74 Å². The second kappa shape index (κ2) is 4.94. The molecule has 0 aliphatic heterocycles. The van der Waals surface area contributed by atoms with E-state index in [9.17, 15) is 0 Å². The number of methoxy groups -OCH3 is 1. The van der Waals surface area contributed by atoms with Crippen molar-refractivity contribution in [3.63, 3.8) is 0 Å². The normalized spacial score (nSPS) is 10.4. The van der Waals surface area contributed by atoms with Crippen LogP contribution in [0, 0.1) is 0 Å². The zero-order valence-electron chi connectivity index (χ0n) is 10.5. The van der Waals surface area contributed by atoms with Gasteiger partial charge in [0, 0.05) is 17.8 Å². The molecule has 3 rings (SSSR count). The molecule has 0 radical (unpaired) electrons. The highest BCUT2D eigenvalue weighted by Crippen LogP contribution is 2.25. The van der Waals surface area contributed by atoms with Gasteiger partial charge in [0.15, 0.2) is 5.82 Å². The molecule has 4 nitrogen and oxygen atoms in total. The van der Waals surface area contributed by atoms with E-state index in [0.717, 1.165) is 17.1 Å². The first kappa shape index (κ1) is 11.5. The van der Waals surface area contributed by atoms with Crippen molar-refractivity contribution in [3.05, 3.63) is 60.8 Å². The summed E-state index contributed by atoms with van der Waals surface area (Å²) < 4.78 is 7.00. The zero-order valence-corrected chi connectivity index (χ0v) is 10.5. The predicted octanol–water partition coefficient (Wildman–Crippen LogP) is 2.94. The van der Waals surface area contributed by atoms with Crippen LogP contribution in [0.5, 0.6) is 5.88 Å². The van der Waals surface area contributed by atoms with Gasteiger partial charge in [-0.25, -0.2) is 9.67 Å². The number of nitrogens with zero attached hydrogens (tertiary/aromatic N) is 3. The molecule has 1 aromatic carbocycles. The Kier molecular flexibility index (Phi) is 2.98. The van der Waals surface area contributed by atoms with Crippen LogP contribution in [-0.4, -0.2) is 21.9 Å². The summed E-state index contributed by atoms with van der Waals surface area (Å²) in [6, 6.07) is 17.7. The molecule has 0 fully saturated rings. The minimum atomic E-state index is 0.574. The van der Waals surface area contributed by atoms with Gasteiger partial charge in [0.2, 0.25) is 5.88 Å². The van der Waals surface area contributed by atoms with E-state index in [4.69, 9.17) is 4.74 Å². The Morgan fingerprint density at radius 1 is 1.00 bits per heavy atom. The van der Waals surface area contributed by atoms with Crippen molar-refractivity contribution in [2.45, 2.75) is 0 Å². The number of pyridine rings is 1. The third kappa shape index (κ3) is 2.20. The van der Waals surface area contributed by atoms with E-state index in [0.29, 0.717) is 5.88 Å². The molecule has 0 aliphatic carbocycles. The van der Waals surface area contributed by atoms with Crippen LogP contribution in [0.1, 0.15) is 0 Å². The summed E-state index contributed by atoms with van der Waals surface area (Å²) in [5.74, 6) is 1.34. The van der Waals surface area contributed by atoms with Gasteiger partial charge in [-0.15, -0.1) is 5.10 Å². The monoisotopic (exact) mass is 251 g/mol. The molecular weight excluding hydrogens is 238 g/mol. The molecule has 0 saturated heterocycles. The van der Waals surface area contributed by atoms with Crippen molar-refractivity contribution >= 4 is 0 Å². The predicted molar refractivity (Wildman–Crippen MR) is 73.3 cm³/mol. The summed E-state index contributed by atoms with van der Waals surface area (Å²) in [6.07, 6.45) is 1.75. The smallest absolute Gasteiger partial charge is 0.233 e. The van der Waals surface area contributed by atoms with Gasteiger partial charge in [0.05, 0.1) is 12.8 Å². The molecular formula is C15H13N3O. The summed E-state index contributed by atoms with van der Waals surface area (Å²) in [7, 11) is 1.61. The molecule has 94 valence electrons. The second-order valence-electron chi connectivity index (χ2n) is 4.04. The topological polar surface area (TPSA) is 39.9 Å². The van der Waals surface area contributed by atoms with Crippen LogP contribution in [-0.2, 0) is 0 Å². The van der Waals surface area contributed by atoms with E-state index >= 15 is 0 Å². The first-order chi connectivity index (χ1) is 9.38. The van der Waals surface area contributed by atoms with Gasteiger partial charge in [-0.3, -0.25) is 0 Å². The van der Waals surface area contributed by atoms with Gasteiger partial charge in [0.1, 0.15) is 0 Å². The SMILES string of the molecule is COc1cc(-c2ccccc2)n(-c2ccccn2)n1. The molecule has 0 atom stereocenters. The number of hydrogen-bond acceptors (Lipinski definition) is 3. The number of rotatable bonds is 3. The third-order valence-electron chi connectivity index (χ3n) is 2.83. The summed E-state index contributed by atoms with van der Waals surface area (Å²) in [6.45, 7) is 0. The highest BCUT2D eigenvalue weighted by molar-refractivity contribution is 5.62. The minimum absolute atomic E-state index is 0.574. The van der Waals surface area contributed by atoms with Crippen molar-refractivity contribution in [1.82, 2.24) is 14.8 Å². The number of hydrogen-bond donors (Lipinski definition) is 0. The molecule has 0 amide bonds. The average Bonchev–Trinajstić information content (AvgIpc) is 2.93. The van der Waals surface area contributed by atoms with E-state index < -0.39 is 0 Å². The van der Waals surface area contributed by atoms with E-state index in [1.807, 2.05) is 54.6 Å². The fourth-order valence-corrected chi connectivity index (χ4v) is 1.93. The fourth-order valence-electron chi connectivity index (χ4n) is 1.93. The first-order valence-electron chi connectivity index (χ1n) is 5.99. The lowest BCUT2D eigenvalue weighted by Gasteiger charge is -2.05. The Bertz CT molecular complexity index is 605. The Morgan fingerprint density at radius 2 is 1.79 bits per heavy atom. The van der Waals surface area contributed by atoms with Crippen molar-refractivity contribution in [1.29, 1.82) is 0 Å². The molecule has 0 bridgehead atoms. The molecule has 0 aliphatic rings. The van der Waals surface area contributed by atoms with Crippen LogP contribution >= 0.6 is 0 Å². The molecule has 0 N–H and O–H groups in total. The summed E-state index contributed by atoms with van der Waals surface area (Å²) in [4.78, 5) is 4.33. The van der Waals surface area contributed by atoms with Crippen molar-refractivity contribution in [2.75, 3.05) is 7.11 Å². The van der Waals surface area contributed by atoms with Crippen LogP contribution in [0.2, 0.25) is 0 Å². The maximum atomic E-state index is 5.22. The number of aromatic nitrogens is 3. The fraction of sp³-hybridized carbons (Fsp3) is 0.0667. The average molecular weight is 251 g/mol. The first-order valence-corrected chi connectivity index (χ1v) is 5.99. The molecule has 19 heavy (non-hydrogen) atoms. The van der Waals surface area contributed by atoms with E-state index in [1.54, 1.807) is 18.0 Å². The molecule has 0 unspecified atom stereocenters. The van der Waals surface area contributed by atoms with Crippen LogP contribution in [0.25, 0.3) is 17.1 Å². The summed E-state index contributed by atoms with van der Waals surface area (Å²) >= 11 is 0. The molecule has 0 spiro atoms. The Hall–Kier alpha value is -2.62. The van der Waals surface area contributed by atoms with Gasteiger partial charge in [0.25, 0.3) is 0 Å². The van der Waals surface area contributed by atoms with E-state index in [2.05, 4.69) is 10.1 Å². The zero-order chi connectivity index (χ0) is 13.1. The molecule has 4 heteroatoms. The molecule has 3 aromatic rings. The van der Waals surface area contributed by atoms with Gasteiger partial charge in [-0.1, -0.05) is 36.4 Å². The third-order valence-corrected chi connectivity index (χ3v) is 2.83. The lowest BCUT2D eigenvalue weighted by molar-refractivity contribution is 0.394. The van der Waals surface area contributed by atoms with Gasteiger partial charge in [-0.2, -0.15) is 0 Å². The van der Waals surface area contributed by atoms with Crippen molar-refractivity contribution in [2.24, 2.45) is 0 Å². The van der Waals surface area contributed by atoms with E-state index in [1.165, 1.54) is 0 Å². The second-order valence-corrected chi connectivity index (χ2v) is 4.04. The number of ether oxygens (including phenoxy) is 1. The Balaban J connectivity index is 2.17. The van der Waals surface area contributed by atoms with Crippen molar-refractivity contribution < 1.29 is 4.74 Å². The van der Waals surface area contributed by atoms with E-state index in [-0.39, 0.29) is 0 Å². The Morgan fingerprint density at radius 3 is 2.47 bits per heavy atom. The summed E-state index contributed by atoms with van der Waals surface area (Å²) in [5.41, 5.74) is 2.03.